The largest absolute Gasteiger partial charge is 0.508 e. The van der Waals surface area contributed by atoms with Gasteiger partial charge in [-0.1, -0.05) is 77.7 Å². The number of alkyl halides is 5. The van der Waals surface area contributed by atoms with Crippen LogP contribution in [-0.2, 0) is 6.42 Å². The van der Waals surface area contributed by atoms with Crippen LogP contribution in [0.4, 0.5) is 22.0 Å². The quantitative estimate of drug-likeness (QED) is 0.168. The van der Waals surface area contributed by atoms with Crippen molar-refractivity contribution >= 4 is 0 Å². The number of phenols is 1. The molecule has 3 aliphatic rings. The zero-order valence-corrected chi connectivity index (χ0v) is 25.0. The number of unbranched alkanes of at least 4 members (excludes halogenated alkanes) is 6. The lowest BCUT2D eigenvalue weighted by Gasteiger charge is -2.53. The van der Waals surface area contributed by atoms with E-state index in [-0.39, 0.29) is 23.9 Å². The summed E-state index contributed by atoms with van der Waals surface area (Å²) >= 11 is 0. The van der Waals surface area contributed by atoms with Crippen molar-refractivity contribution in [2.45, 2.75) is 147 Å². The molecule has 7 atom stereocenters. The first-order chi connectivity index (χ1) is 19.3. The molecule has 4 rings (SSSR count). The molecule has 1 aromatic rings. The lowest BCUT2D eigenvalue weighted by molar-refractivity contribution is -0.284. The molecule has 2 N–H and O–H groups in total. The standard InChI is InChI=1S/C34H51F5O2/c1-23(12-10-19-33(35,36)34(37,38)39)11-8-6-4-3-5-7-9-13-24-21-25-22-26(40)14-15-27(25)28-18-20-32(2)29(31(24)28)16-17-30(32)41/h14-15,22-24,28-31,40-41H,3-13,16-21H2,1-2H3/t23?,24-,28?,29?,30+,31?,32+/m1/s1. The van der Waals surface area contributed by atoms with Crippen molar-refractivity contribution in [3.8, 4) is 5.75 Å². The number of phenolic OH excluding ortho intramolecular Hbond substituents is 1. The van der Waals surface area contributed by atoms with Gasteiger partial charge < -0.3 is 10.2 Å². The van der Waals surface area contributed by atoms with Crippen molar-refractivity contribution in [3.63, 3.8) is 0 Å². The zero-order valence-electron chi connectivity index (χ0n) is 25.0. The van der Waals surface area contributed by atoms with Crippen LogP contribution in [0.15, 0.2) is 18.2 Å². The molecule has 2 nitrogen and oxygen atoms in total. The Morgan fingerprint density at radius 3 is 2.27 bits per heavy atom. The van der Waals surface area contributed by atoms with E-state index in [9.17, 15) is 32.2 Å². The van der Waals surface area contributed by atoms with Crippen molar-refractivity contribution in [2.75, 3.05) is 0 Å². The lowest BCUT2D eigenvalue weighted by Crippen LogP contribution is -2.47. The second-order valence-corrected chi connectivity index (χ2v) is 14.0. The molecule has 0 heterocycles. The molecular formula is C34H51F5O2. The molecule has 0 saturated heterocycles. The summed E-state index contributed by atoms with van der Waals surface area (Å²) in [5, 5.41) is 21.0. The van der Waals surface area contributed by atoms with E-state index in [0.29, 0.717) is 35.8 Å². The van der Waals surface area contributed by atoms with Gasteiger partial charge in [0.15, 0.2) is 0 Å². The third kappa shape index (κ3) is 7.59. The summed E-state index contributed by atoms with van der Waals surface area (Å²) < 4.78 is 63.0. The monoisotopic (exact) mass is 586 g/mol. The summed E-state index contributed by atoms with van der Waals surface area (Å²) in [5.74, 6) is -1.72. The molecule has 0 spiro atoms. The van der Waals surface area contributed by atoms with Crippen LogP contribution < -0.4 is 0 Å². The summed E-state index contributed by atoms with van der Waals surface area (Å²) in [6.45, 7) is 4.27. The van der Waals surface area contributed by atoms with Gasteiger partial charge in [0, 0.05) is 6.42 Å². The minimum atomic E-state index is -5.44. The minimum absolute atomic E-state index is 0.0412. The van der Waals surface area contributed by atoms with Gasteiger partial charge >= 0.3 is 12.1 Å². The Labute approximate surface area is 243 Å². The number of rotatable bonds is 14. The highest BCUT2D eigenvalue weighted by atomic mass is 19.4. The molecule has 1 aromatic carbocycles. The van der Waals surface area contributed by atoms with E-state index in [4.69, 9.17) is 0 Å². The number of aliphatic hydroxyl groups excluding tert-OH is 1. The van der Waals surface area contributed by atoms with Crippen LogP contribution >= 0.6 is 0 Å². The molecule has 0 bridgehead atoms. The van der Waals surface area contributed by atoms with Gasteiger partial charge in [0.25, 0.3) is 0 Å². The summed E-state index contributed by atoms with van der Waals surface area (Å²) in [6.07, 6.45) is 8.94. The molecule has 3 aliphatic carbocycles. The van der Waals surface area contributed by atoms with Crippen molar-refractivity contribution < 1.29 is 32.2 Å². The number of hydrogen-bond acceptors (Lipinski definition) is 2. The van der Waals surface area contributed by atoms with E-state index < -0.39 is 18.5 Å². The Kier molecular flexibility index (Phi) is 10.7. The van der Waals surface area contributed by atoms with Gasteiger partial charge in [0.1, 0.15) is 5.75 Å². The van der Waals surface area contributed by atoms with Crippen LogP contribution in [0.2, 0.25) is 0 Å². The van der Waals surface area contributed by atoms with E-state index in [0.717, 1.165) is 57.8 Å². The van der Waals surface area contributed by atoms with Crippen LogP contribution in [0.1, 0.15) is 134 Å². The van der Waals surface area contributed by atoms with E-state index >= 15 is 0 Å². The Morgan fingerprint density at radius 1 is 0.902 bits per heavy atom. The van der Waals surface area contributed by atoms with Crippen LogP contribution in [0.25, 0.3) is 0 Å². The number of benzene rings is 1. The molecule has 0 aliphatic heterocycles. The van der Waals surface area contributed by atoms with Crippen LogP contribution in [0.3, 0.4) is 0 Å². The van der Waals surface area contributed by atoms with Gasteiger partial charge in [-0.15, -0.1) is 0 Å². The first-order valence-corrected chi connectivity index (χ1v) is 16.3. The summed E-state index contributed by atoms with van der Waals surface area (Å²) in [7, 11) is 0. The average molecular weight is 587 g/mol. The van der Waals surface area contributed by atoms with Gasteiger partial charge in [-0.25, -0.2) is 0 Å². The van der Waals surface area contributed by atoms with Crippen molar-refractivity contribution in [2.24, 2.45) is 29.1 Å². The number of fused-ring (bicyclic) bond motifs is 5. The van der Waals surface area contributed by atoms with Gasteiger partial charge in [0.2, 0.25) is 0 Å². The van der Waals surface area contributed by atoms with Crippen LogP contribution in [0, 0.1) is 29.1 Å². The molecule has 7 heteroatoms. The van der Waals surface area contributed by atoms with Gasteiger partial charge in [-0.05, 0) is 103 Å². The molecule has 0 radical (unpaired) electrons. The Bertz CT molecular complexity index is 978. The number of aromatic hydroxyl groups is 1. The third-order valence-corrected chi connectivity index (χ3v) is 11.2. The Hall–Kier alpha value is -1.37. The van der Waals surface area contributed by atoms with E-state index in [1.807, 2.05) is 19.1 Å². The van der Waals surface area contributed by atoms with Gasteiger partial charge in [-0.3, -0.25) is 0 Å². The second-order valence-electron chi connectivity index (χ2n) is 14.0. The Morgan fingerprint density at radius 2 is 1.56 bits per heavy atom. The molecule has 0 amide bonds. The lowest BCUT2D eigenvalue weighted by atomic mass is 9.52. The smallest absolute Gasteiger partial charge is 0.453 e. The highest BCUT2D eigenvalue weighted by Crippen LogP contribution is 2.62. The van der Waals surface area contributed by atoms with Crippen LogP contribution in [0.5, 0.6) is 5.75 Å². The van der Waals surface area contributed by atoms with Gasteiger partial charge in [-0.2, -0.15) is 22.0 Å². The molecular weight excluding hydrogens is 535 g/mol. The Balaban J connectivity index is 1.15. The first-order valence-electron chi connectivity index (χ1n) is 16.3. The maximum absolute atomic E-state index is 13.1. The maximum Gasteiger partial charge on any atom is 0.453 e. The first kappa shape index (κ1) is 32.5. The molecule has 2 saturated carbocycles. The van der Waals surface area contributed by atoms with Crippen molar-refractivity contribution in [3.05, 3.63) is 29.3 Å². The minimum Gasteiger partial charge on any atom is -0.508 e. The average Bonchev–Trinajstić information content (AvgIpc) is 3.20. The molecule has 2 fully saturated rings. The maximum atomic E-state index is 13.1. The summed E-state index contributed by atoms with van der Waals surface area (Å²) in [4.78, 5) is 0. The van der Waals surface area contributed by atoms with E-state index in [1.54, 1.807) is 0 Å². The highest BCUT2D eigenvalue weighted by Gasteiger charge is 2.57. The second kappa shape index (κ2) is 13.5. The molecule has 0 aromatic heterocycles. The zero-order chi connectivity index (χ0) is 29.8. The fourth-order valence-corrected chi connectivity index (χ4v) is 8.77. The third-order valence-electron chi connectivity index (χ3n) is 11.2. The summed E-state index contributed by atoms with van der Waals surface area (Å²) in [5.41, 5.74) is 2.79. The number of hydrogen-bond donors (Lipinski definition) is 2. The number of halogens is 5. The van der Waals surface area contributed by atoms with Gasteiger partial charge in [0.05, 0.1) is 6.10 Å². The SMILES string of the molecule is CC(CCCCCCCCC[C@@H]1Cc2cc(O)ccc2C2CC[C@@]3(C)C(CC[C@@H]3O)C21)CCCC(F)(F)C(F)(F)F. The molecule has 234 valence electrons. The molecule has 4 unspecified atom stereocenters. The fourth-order valence-electron chi connectivity index (χ4n) is 8.77. The number of aliphatic hydroxyl groups is 1. The van der Waals surface area contributed by atoms with Crippen molar-refractivity contribution in [1.82, 2.24) is 0 Å². The highest BCUT2D eigenvalue weighted by molar-refractivity contribution is 5.40. The van der Waals surface area contributed by atoms with Crippen LogP contribution in [-0.4, -0.2) is 28.4 Å². The van der Waals surface area contributed by atoms with E-state index in [1.165, 1.54) is 43.2 Å². The predicted octanol–water partition coefficient (Wildman–Crippen LogP) is 10.4. The molecule has 41 heavy (non-hydrogen) atoms. The predicted molar refractivity (Wildman–Crippen MR) is 153 cm³/mol. The van der Waals surface area contributed by atoms with Crippen molar-refractivity contribution in [1.29, 1.82) is 0 Å². The van der Waals surface area contributed by atoms with E-state index in [2.05, 4.69) is 13.0 Å². The topological polar surface area (TPSA) is 40.5 Å². The summed E-state index contributed by atoms with van der Waals surface area (Å²) in [6, 6.07) is 5.97. The normalized spacial score (nSPS) is 30.5. The fraction of sp³-hybridized carbons (Fsp3) is 0.824.